The first-order valence-electron chi connectivity index (χ1n) is 5.34. The minimum Gasteiger partial charge on any atom is -0.493 e. The summed E-state index contributed by atoms with van der Waals surface area (Å²) >= 11 is 0. The average molecular weight is 297 g/mol. The van der Waals surface area contributed by atoms with E-state index in [0.717, 1.165) is 0 Å². The molecule has 0 saturated carbocycles. The van der Waals surface area contributed by atoms with E-state index in [2.05, 4.69) is 0 Å². The number of ether oxygens (including phenoxy) is 1. The fourth-order valence-corrected chi connectivity index (χ4v) is 2.74. The van der Waals surface area contributed by atoms with E-state index in [-0.39, 0.29) is 10.6 Å². The molecule has 0 spiro atoms. The van der Waals surface area contributed by atoms with E-state index in [1.807, 2.05) is 0 Å². The summed E-state index contributed by atoms with van der Waals surface area (Å²) in [7, 11) is -3.86. The number of sulfonamides is 1. The Morgan fingerprint density at radius 2 is 1.68 bits per heavy atom. The predicted molar refractivity (Wildman–Crippen MR) is 63.5 cm³/mol. The molecule has 0 atom stereocenters. The van der Waals surface area contributed by atoms with Gasteiger partial charge in [0, 0.05) is 0 Å². The van der Waals surface area contributed by atoms with Crippen LogP contribution in [0.3, 0.4) is 0 Å². The van der Waals surface area contributed by atoms with E-state index >= 15 is 0 Å². The van der Waals surface area contributed by atoms with Gasteiger partial charge in [0.05, 0.1) is 17.9 Å². The second-order valence-electron chi connectivity index (χ2n) is 4.14. The zero-order valence-electron chi connectivity index (χ0n) is 10.4. The van der Waals surface area contributed by atoms with Gasteiger partial charge in [0.1, 0.15) is 5.75 Å². The standard InChI is InChI=1S/C11H14F3NO3S/c1-7-5-9(18-4-3-11(12,13)14)6-8(2)10(7)19(15,16)17/h5-6H,3-4H2,1-2H3,(H2,15,16,17). The lowest BCUT2D eigenvalue weighted by atomic mass is 10.1. The Balaban J connectivity index is 2.91. The number of hydrogen-bond donors (Lipinski definition) is 1. The van der Waals surface area contributed by atoms with E-state index in [1.165, 1.54) is 26.0 Å². The van der Waals surface area contributed by atoms with Crippen LogP contribution in [-0.2, 0) is 10.0 Å². The molecule has 2 N–H and O–H groups in total. The monoisotopic (exact) mass is 297 g/mol. The Morgan fingerprint density at radius 1 is 1.21 bits per heavy atom. The van der Waals surface area contributed by atoms with Gasteiger partial charge >= 0.3 is 6.18 Å². The van der Waals surface area contributed by atoms with Gasteiger partial charge in [-0.15, -0.1) is 0 Å². The molecule has 0 bridgehead atoms. The van der Waals surface area contributed by atoms with Crippen molar-refractivity contribution in [1.82, 2.24) is 0 Å². The van der Waals surface area contributed by atoms with Gasteiger partial charge < -0.3 is 4.74 Å². The lowest BCUT2D eigenvalue weighted by Crippen LogP contribution is -2.16. The van der Waals surface area contributed by atoms with E-state index in [4.69, 9.17) is 9.88 Å². The van der Waals surface area contributed by atoms with Crippen LogP contribution in [0.15, 0.2) is 17.0 Å². The van der Waals surface area contributed by atoms with Gasteiger partial charge in [-0.05, 0) is 37.1 Å². The Morgan fingerprint density at radius 3 is 2.05 bits per heavy atom. The molecular formula is C11H14F3NO3S. The highest BCUT2D eigenvalue weighted by molar-refractivity contribution is 7.89. The molecule has 0 aromatic heterocycles. The summed E-state index contributed by atoms with van der Waals surface area (Å²) < 4.78 is 63.5. The van der Waals surface area contributed by atoms with Crippen molar-refractivity contribution >= 4 is 10.0 Å². The van der Waals surface area contributed by atoms with Crippen LogP contribution in [-0.4, -0.2) is 21.2 Å². The van der Waals surface area contributed by atoms with Crippen molar-refractivity contribution in [2.24, 2.45) is 5.14 Å². The lowest BCUT2D eigenvalue weighted by molar-refractivity contribution is -0.139. The Labute approximate surface area is 109 Å². The van der Waals surface area contributed by atoms with Gasteiger partial charge in [-0.1, -0.05) is 0 Å². The summed E-state index contributed by atoms with van der Waals surface area (Å²) in [5.41, 5.74) is 0.675. The summed E-state index contributed by atoms with van der Waals surface area (Å²) in [4.78, 5) is -0.0318. The maximum atomic E-state index is 12.0. The number of rotatable bonds is 4. The van der Waals surface area contributed by atoms with Crippen LogP contribution in [0.25, 0.3) is 0 Å². The minimum atomic E-state index is -4.29. The average Bonchev–Trinajstić information content (AvgIpc) is 2.11. The van der Waals surface area contributed by atoms with Gasteiger partial charge in [-0.3, -0.25) is 0 Å². The van der Waals surface area contributed by atoms with Gasteiger partial charge in [-0.2, -0.15) is 13.2 Å². The lowest BCUT2D eigenvalue weighted by Gasteiger charge is -2.12. The molecule has 4 nitrogen and oxygen atoms in total. The molecule has 0 unspecified atom stereocenters. The first-order chi connectivity index (χ1) is 8.50. The molecule has 0 aliphatic heterocycles. The second kappa shape index (κ2) is 5.38. The summed E-state index contributed by atoms with van der Waals surface area (Å²) in [5.74, 6) is 0.187. The van der Waals surface area contributed by atoms with Crippen LogP contribution in [0, 0.1) is 13.8 Å². The summed E-state index contributed by atoms with van der Waals surface area (Å²) in [5, 5.41) is 5.05. The van der Waals surface area contributed by atoms with Crippen molar-refractivity contribution in [3.8, 4) is 5.75 Å². The van der Waals surface area contributed by atoms with Crippen LogP contribution < -0.4 is 9.88 Å². The zero-order valence-corrected chi connectivity index (χ0v) is 11.2. The largest absolute Gasteiger partial charge is 0.493 e. The Bertz CT molecular complexity index is 544. The molecular weight excluding hydrogens is 283 g/mol. The molecule has 1 aromatic carbocycles. The molecule has 0 saturated heterocycles. The van der Waals surface area contributed by atoms with Crippen LogP contribution in [0.5, 0.6) is 5.75 Å². The van der Waals surface area contributed by atoms with Crippen molar-refractivity contribution in [3.05, 3.63) is 23.3 Å². The highest BCUT2D eigenvalue weighted by atomic mass is 32.2. The molecule has 0 amide bonds. The molecule has 0 aliphatic rings. The van der Waals surface area contributed by atoms with Gasteiger partial charge in [0.15, 0.2) is 0 Å². The van der Waals surface area contributed by atoms with Gasteiger partial charge in [0.25, 0.3) is 0 Å². The Hall–Kier alpha value is -1.28. The normalized spacial score (nSPS) is 12.5. The molecule has 19 heavy (non-hydrogen) atoms. The summed E-state index contributed by atoms with van der Waals surface area (Å²) in [6.07, 6.45) is -5.35. The summed E-state index contributed by atoms with van der Waals surface area (Å²) in [6.45, 7) is 2.49. The van der Waals surface area contributed by atoms with Crippen molar-refractivity contribution in [1.29, 1.82) is 0 Å². The van der Waals surface area contributed by atoms with Crippen LogP contribution in [0.1, 0.15) is 17.5 Å². The van der Waals surface area contributed by atoms with E-state index in [0.29, 0.717) is 11.1 Å². The number of primary sulfonamides is 1. The molecule has 1 rings (SSSR count). The van der Waals surface area contributed by atoms with Crippen LogP contribution in [0.2, 0.25) is 0 Å². The SMILES string of the molecule is Cc1cc(OCCC(F)(F)F)cc(C)c1S(N)(=O)=O. The summed E-state index contributed by atoms with van der Waals surface area (Å²) in [6, 6.07) is 2.70. The van der Waals surface area contributed by atoms with Crippen molar-refractivity contribution in [3.63, 3.8) is 0 Å². The molecule has 1 aromatic rings. The fourth-order valence-electron chi connectivity index (χ4n) is 1.73. The molecule has 0 fully saturated rings. The first kappa shape index (κ1) is 15.8. The molecule has 0 aliphatic carbocycles. The maximum absolute atomic E-state index is 12.0. The van der Waals surface area contributed by atoms with Crippen LogP contribution >= 0.6 is 0 Å². The van der Waals surface area contributed by atoms with Gasteiger partial charge in [-0.25, -0.2) is 13.6 Å². The van der Waals surface area contributed by atoms with E-state index < -0.39 is 29.2 Å². The third-order valence-corrected chi connectivity index (χ3v) is 3.59. The van der Waals surface area contributed by atoms with Crippen molar-refractivity contribution < 1.29 is 26.3 Å². The first-order valence-corrected chi connectivity index (χ1v) is 6.89. The Kier molecular flexibility index (Phi) is 4.46. The topological polar surface area (TPSA) is 69.4 Å². The number of benzene rings is 1. The number of alkyl halides is 3. The van der Waals surface area contributed by atoms with E-state index in [1.54, 1.807) is 0 Å². The zero-order chi connectivity index (χ0) is 14.8. The third kappa shape index (κ3) is 4.71. The highest BCUT2D eigenvalue weighted by Gasteiger charge is 2.27. The number of halogens is 3. The number of nitrogens with two attached hydrogens (primary N) is 1. The van der Waals surface area contributed by atoms with Crippen molar-refractivity contribution in [2.75, 3.05) is 6.61 Å². The van der Waals surface area contributed by atoms with Crippen LogP contribution in [0.4, 0.5) is 13.2 Å². The minimum absolute atomic E-state index is 0.0318. The molecule has 0 heterocycles. The van der Waals surface area contributed by atoms with E-state index in [9.17, 15) is 21.6 Å². The quantitative estimate of drug-likeness (QED) is 0.927. The van der Waals surface area contributed by atoms with Gasteiger partial charge in [0.2, 0.25) is 10.0 Å². The molecule has 0 radical (unpaired) electrons. The van der Waals surface area contributed by atoms with Crippen molar-refractivity contribution in [2.45, 2.75) is 31.3 Å². The third-order valence-electron chi connectivity index (χ3n) is 2.37. The second-order valence-corrected chi connectivity index (χ2v) is 5.64. The number of hydrogen-bond acceptors (Lipinski definition) is 3. The maximum Gasteiger partial charge on any atom is 0.392 e. The number of aryl methyl sites for hydroxylation is 2. The molecule has 8 heteroatoms. The fraction of sp³-hybridized carbons (Fsp3) is 0.455. The smallest absolute Gasteiger partial charge is 0.392 e. The molecule has 108 valence electrons. The predicted octanol–water partition coefficient (Wildman–Crippen LogP) is 2.28. The highest BCUT2D eigenvalue weighted by Crippen LogP contribution is 2.26.